The minimum atomic E-state index is -3.24. The summed E-state index contributed by atoms with van der Waals surface area (Å²) in [6.07, 6.45) is 0.257. The molecule has 1 aromatic heterocycles. The number of amides is 1. The smallest absolute Gasteiger partial charge is 0.410 e. The Morgan fingerprint density at radius 1 is 1.43 bits per heavy atom. The van der Waals surface area contributed by atoms with Crippen molar-refractivity contribution in [3.8, 4) is 5.88 Å². The second kappa shape index (κ2) is 6.43. The Labute approximate surface area is 137 Å². The van der Waals surface area contributed by atoms with Crippen molar-refractivity contribution in [2.45, 2.75) is 44.8 Å². The predicted molar refractivity (Wildman–Crippen MR) is 78.8 cm³/mol. The second-order valence-corrected chi connectivity index (χ2v) is 6.63. The molecule has 9 heteroatoms. The normalized spacial score (nSPS) is 21.0. The Kier molecular flexibility index (Phi) is 4.93. The third-order valence-corrected chi connectivity index (χ3v) is 3.21. The van der Waals surface area contributed by atoms with Crippen LogP contribution in [0.1, 0.15) is 27.2 Å². The van der Waals surface area contributed by atoms with Gasteiger partial charge in [0.15, 0.2) is 11.3 Å². The number of hydrogen-bond donors (Lipinski definition) is 0. The van der Waals surface area contributed by atoms with E-state index < -0.39 is 30.3 Å². The van der Waals surface area contributed by atoms with Crippen molar-refractivity contribution in [3.63, 3.8) is 0 Å². The minimum Gasteiger partial charge on any atom is -0.467 e. The molecule has 23 heavy (non-hydrogen) atoms. The van der Waals surface area contributed by atoms with Crippen LogP contribution in [-0.2, 0) is 4.74 Å². The van der Waals surface area contributed by atoms with Crippen molar-refractivity contribution in [2.75, 3.05) is 13.1 Å². The van der Waals surface area contributed by atoms with Gasteiger partial charge in [0.25, 0.3) is 0 Å². The molecule has 2 heterocycles. The molecule has 6 nitrogen and oxygen atoms in total. The predicted octanol–water partition coefficient (Wildman–Crippen LogP) is 3.15. The molecule has 1 amide bonds. The SMILES string of the molecule is CC(C)(C)OC(=O)N1CCC(Oc2cncc(Cl)n2)C(F)(F)C1. The third-order valence-electron chi connectivity index (χ3n) is 3.03. The van der Waals surface area contributed by atoms with Crippen LogP contribution < -0.4 is 4.74 Å². The number of likely N-dealkylation sites (tertiary alicyclic amines) is 1. The summed E-state index contributed by atoms with van der Waals surface area (Å²) in [5.74, 6) is -3.31. The molecule has 0 saturated carbocycles. The Hall–Kier alpha value is -1.70. The molecule has 1 fully saturated rings. The van der Waals surface area contributed by atoms with Gasteiger partial charge in [0.1, 0.15) is 5.60 Å². The number of piperidine rings is 1. The Bertz CT molecular complexity index is 581. The maximum Gasteiger partial charge on any atom is 0.410 e. The monoisotopic (exact) mass is 349 g/mol. The highest BCUT2D eigenvalue weighted by Crippen LogP contribution is 2.31. The summed E-state index contributed by atoms with van der Waals surface area (Å²) in [5, 5.41) is 0.0528. The molecule has 0 aromatic carbocycles. The van der Waals surface area contributed by atoms with Gasteiger partial charge in [-0.3, -0.25) is 4.98 Å². The van der Waals surface area contributed by atoms with Crippen LogP contribution in [-0.4, -0.2) is 51.7 Å². The number of carbonyl (C=O) groups is 1. The molecule has 0 spiro atoms. The van der Waals surface area contributed by atoms with Crippen molar-refractivity contribution in [2.24, 2.45) is 0 Å². The molecule has 1 atom stereocenters. The van der Waals surface area contributed by atoms with Crippen molar-refractivity contribution >= 4 is 17.7 Å². The first-order valence-electron chi connectivity index (χ1n) is 7.07. The summed E-state index contributed by atoms with van der Waals surface area (Å²) in [6.45, 7) is 4.36. The standard InChI is InChI=1S/C14H18ClF2N3O3/c1-13(2,3)23-12(21)20-5-4-9(14(16,17)8-20)22-11-7-18-6-10(15)19-11/h6-7,9H,4-5,8H2,1-3H3. The molecular weight excluding hydrogens is 332 g/mol. The quantitative estimate of drug-likeness (QED) is 0.820. The van der Waals surface area contributed by atoms with Gasteiger partial charge in [-0.05, 0) is 20.8 Å². The molecule has 0 aliphatic carbocycles. The van der Waals surface area contributed by atoms with E-state index in [-0.39, 0.29) is 24.0 Å². The summed E-state index contributed by atoms with van der Waals surface area (Å²) in [7, 11) is 0. The molecule has 2 rings (SSSR count). The summed E-state index contributed by atoms with van der Waals surface area (Å²) in [6, 6.07) is 0. The maximum atomic E-state index is 14.2. The molecule has 128 valence electrons. The van der Waals surface area contributed by atoms with Gasteiger partial charge in [-0.15, -0.1) is 0 Å². The van der Waals surface area contributed by atoms with Gasteiger partial charge in [-0.2, -0.15) is 4.98 Å². The van der Waals surface area contributed by atoms with Crippen molar-refractivity contribution in [1.82, 2.24) is 14.9 Å². The lowest BCUT2D eigenvalue weighted by molar-refractivity contribution is -0.138. The second-order valence-electron chi connectivity index (χ2n) is 6.24. The number of halogens is 3. The van der Waals surface area contributed by atoms with E-state index in [2.05, 4.69) is 9.97 Å². The van der Waals surface area contributed by atoms with E-state index in [1.54, 1.807) is 20.8 Å². The molecule has 1 saturated heterocycles. The van der Waals surface area contributed by atoms with E-state index in [4.69, 9.17) is 21.1 Å². The number of aromatic nitrogens is 2. The highest BCUT2D eigenvalue weighted by molar-refractivity contribution is 6.29. The lowest BCUT2D eigenvalue weighted by Gasteiger charge is -2.38. The van der Waals surface area contributed by atoms with Gasteiger partial charge in [-0.1, -0.05) is 11.6 Å². The topological polar surface area (TPSA) is 64.5 Å². The van der Waals surface area contributed by atoms with Crippen LogP contribution in [0.15, 0.2) is 12.4 Å². The molecule has 1 unspecified atom stereocenters. The first kappa shape index (κ1) is 17.7. The van der Waals surface area contributed by atoms with Crippen LogP contribution in [0.3, 0.4) is 0 Å². The highest BCUT2D eigenvalue weighted by Gasteiger charge is 2.48. The fraction of sp³-hybridized carbons (Fsp3) is 0.643. The largest absolute Gasteiger partial charge is 0.467 e. The number of ether oxygens (including phenoxy) is 2. The fourth-order valence-electron chi connectivity index (χ4n) is 2.08. The lowest BCUT2D eigenvalue weighted by Crippen LogP contribution is -2.56. The van der Waals surface area contributed by atoms with Crippen molar-refractivity contribution in [1.29, 1.82) is 0 Å². The molecule has 0 bridgehead atoms. The van der Waals surface area contributed by atoms with E-state index in [9.17, 15) is 13.6 Å². The van der Waals surface area contributed by atoms with Crippen LogP contribution in [0.25, 0.3) is 0 Å². The Balaban J connectivity index is 2.01. The average Bonchev–Trinajstić information content (AvgIpc) is 2.39. The maximum absolute atomic E-state index is 14.2. The van der Waals surface area contributed by atoms with Gasteiger partial charge in [0.05, 0.1) is 18.9 Å². The molecule has 1 aromatic rings. The first-order chi connectivity index (χ1) is 10.6. The Morgan fingerprint density at radius 3 is 2.70 bits per heavy atom. The van der Waals surface area contributed by atoms with Gasteiger partial charge in [0.2, 0.25) is 5.88 Å². The fourth-order valence-corrected chi connectivity index (χ4v) is 2.21. The van der Waals surface area contributed by atoms with Crippen LogP contribution in [0.2, 0.25) is 5.15 Å². The number of rotatable bonds is 2. The number of carbonyl (C=O) groups excluding carboxylic acids is 1. The van der Waals surface area contributed by atoms with E-state index >= 15 is 0 Å². The summed E-state index contributed by atoms with van der Waals surface area (Å²) in [5.41, 5.74) is -0.740. The Morgan fingerprint density at radius 2 is 2.13 bits per heavy atom. The molecule has 1 aliphatic heterocycles. The van der Waals surface area contributed by atoms with Gasteiger partial charge in [-0.25, -0.2) is 13.6 Å². The first-order valence-corrected chi connectivity index (χ1v) is 7.44. The van der Waals surface area contributed by atoms with Crippen LogP contribution >= 0.6 is 11.6 Å². The van der Waals surface area contributed by atoms with Crippen LogP contribution in [0.4, 0.5) is 13.6 Å². The zero-order valence-corrected chi connectivity index (χ0v) is 13.8. The van der Waals surface area contributed by atoms with Gasteiger partial charge in [0, 0.05) is 13.0 Å². The molecule has 1 aliphatic rings. The number of hydrogen-bond acceptors (Lipinski definition) is 5. The summed E-state index contributed by atoms with van der Waals surface area (Å²) in [4.78, 5) is 20.4. The van der Waals surface area contributed by atoms with Gasteiger partial charge < -0.3 is 14.4 Å². The average molecular weight is 350 g/mol. The van der Waals surface area contributed by atoms with E-state index in [0.29, 0.717) is 0 Å². The van der Waals surface area contributed by atoms with Crippen molar-refractivity contribution < 1.29 is 23.0 Å². The minimum absolute atomic E-state index is 0.0528. The van der Waals surface area contributed by atoms with Crippen LogP contribution in [0, 0.1) is 0 Å². The van der Waals surface area contributed by atoms with E-state index in [0.717, 1.165) is 4.90 Å². The van der Waals surface area contributed by atoms with Crippen LogP contribution in [0.5, 0.6) is 5.88 Å². The summed E-state index contributed by atoms with van der Waals surface area (Å²) < 4.78 is 38.8. The summed E-state index contributed by atoms with van der Waals surface area (Å²) >= 11 is 5.65. The molecular formula is C14H18ClF2N3O3. The zero-order chi connectivity index (χ0) is 17.3. The third kappa shape index (κ3) is 4.89. The number of alkyl halides is 2. The van der Waals surface area contributed by atoms with E-state index in [1.165, 1.54) is 12.4 Å². The molecule has 0 radical (unpaired) electrons. The van der Waals surface area contributed by atoms with E-state index in [1.807, 2.05) is 0 Å². The van der Waals surface area contributed by atoms with Gasteiger partial charge >= 0.3 is 12.0 Å². The van der Waals surface area contributed by atoms with Crippen molar-refractivity contribution in [3.05, 3.63) is 17.5 Å². The molecule has 0 N–H and O–H groups in total. The highest BCUT2D eigenvalue weighted by atomic mass is 35.5. The zero-order valence-electron chi connectivity index (χ0n) is 13.1. The lowest BCUT2D eigenvalue weighted by atomic mass is 10.0. The number of nitrogens with zero attached hydrogens (tertiary/aromatic N) is 3.